The molecule has 4 N–H and O–H groups in total. The summed E-state index contributed by atoms with van der Waals surface area (Å²) < 4.78 is 0. The second-order valence-corrected chi connectivity index (χ2v) is 9.30. The van der Waals surface area contributed by atoms with Crippen molar-refractivity contribution in [3.05, 3.63) is 35.4 Å². The van der Waals surface area contributed by atoms with E-state index in [-0.39, 0.29) is 36.5 Å². The molecule has 1 aliphatic rings. The molecule has 1 aromatic rings. The fourth-order valence-corrected chi connectivity index (χ4v) is 3.61. The lowest BCUT2D eigenvalue weighted by atomic mass is 9.74. The summed E-state index contributed by atoms with van der Waals surface area (Å²) in [4.78, 5) is 37.9. The summed E-state index contributed by atoms with van der Waals surface area (Å²) in [6.45, 7) is 6.01. The first kappa shape index (κ1) is 26.1. The van der Waals surface area contributed by atoms with Crippen LogP contribution in [0.2, 0.25) is 0 Å². The van der Waals surface area contributed by atoms with Gasteiger partial charge in [0.15, 0.2) is 5.78 Å². The van der Waals surface area contributed by atoms with Gasteiger partial charge in [0.1, 0.15) is 0 Å². The summed E-state index contributed by atoms with van der Waals surface area (Å²) in [6, 6.07) is 7.44. The number of ketones is 1. The Morgan fingerprint density at radius 2 is 1.78 bits per heavy atom. The third-order valence-electron chi connectivity index (χ3n) is 5.78. The molecule has 2 rings (SSSR count). The summed E-state index contributed by atoms with van der Waals surface area (Å²) >= 11 is 0. The van der Waals surface area contributed by atoms with E-state index in [1.54, 1.807) is 12.1 Å². The second kappa shape index (κ2) is 12.8. The van der Waals surface area contributed by atoms with Crippen LogP contribution in [0.1, 0.15) is 75.2 Å². The third-order valence-corrected chi connectivity index (χ3v) is 5.78. The number of hydrogen-bond donors (Lipinski definition) is 4. The molecule has 0 aromatic heterocycles. The number of unbranched alkanes of at least 4 members (excludes halogenated alkanes) is 1. The number of Topliss-reactive ketones (excluding diaryl/α,β-unsaturated/α-hetero) is 1. The minimum atomic E-state index is -1.70. The lowest BCUT2D eigenvalue weighted by Gasteiger charge is -2.23. The molecule has 0 unspecified atom stereocenters. The third kappa shape index (κ3) is 8.75. The molecule has 0 heterocycles. The smallest absolute Gasteiger partial charge is 0.426 e. The van der Waals surface area contributed by atoms with E-state index in [9.17, 15) is 24.4 Å². The Labute approximate surface area is 191 Å². The molecule has 0 saturated heterocycles. The van der Waals surface area contributed by atoms with Crippen molar-refractivity contribution in [2.24, 2.45) is 17.8 Å². The molecule has 8 heteroatoms. The highest BCUT2D eigenvalue weighted by atomic mass is 16.4. The molecule has 0 spiro atoms. The molecular formula is C24H37BN2O5. The topological polar surface area (TPSA) is 116 Å². The van der Waals surface area contributed by atoms with Gasteiger partial charge < -0.3 is 20.7 Å². The highest BCUT2D eigenvalue weighted by Gasteiger charge is 2.33. The predicted octanol–water partition coefficient (Wildman–Crippen LogP) is 2.29. The van der Waals surface area contributed by atoms with Crippen molar-refractivity contribution in [3.8, 4) is 0 Å². The van der Waals surface area contributed by atoms with Crippen LogP contribution in [0.5, 0.6) is 0 Å². The summed E-state index contributed by atoms with van der Waals surface area (Å²) in [5.41, 5.74) is 1.69. The Bertz CT molecular complexity index is 762. The molecule has 1 aromatic carbocycles. The monoisotopic (exact) mass is 444 g/mol. The fraction of sp³-hybridized carbons (Fsp3) is 0.625. The van der Waals surface area contributed by atoms with Gasteiger partial charge in [0.2, 0.25) is 11.8 Å². The maximum Gasteiger partial charge on any atom is 0.475 e. The molecule has 1 saturated carbocycles. The van der Waals surface area contributed by atoms with E-state index in [2.05, 4.69) is 17.6 Å². The first-order chi connectivity index (χ1) is 15.2. The molecule has 0 aliphatic heterocycles. The Morgan fingerprint density at radius 3 is 2.31 bits per heavy atom. The number of amides is 2. The van der Waals surface area contributed by atoms with Crippen molar-refractivity contribution >= 4 is 24.7 Å². The molecule has 32 heavy (non-hydrogen) atoms. The van der Waals surface area contributed by atoms with Gasteiger partial charge in [-0.15, -0.1) is 0 Å². The molecule has 7 nitrogen and oxygen atoms in total. The summed E-state index contributed by atoms with van der Waals surface area (Å²) in [7, 11) is -1.70. The molecule has 0 bridgehead atoms. The van der Waals surface area contributed by atoms with Crippen molar-refractivity contribution in [1.29, 1.82) is 0 Å². The van der Waals surface area contributed by atoms with Gasteiger partial charge in [-0.3, -0.25) is 14.4 Å². The van der Waals surface area contributed by atoms with Crippen LogP contribution >= 0.6 is 0 Å². The number of rotatable bonds is 14. The van der Waals surface area contributed by atoms with E-state index in [1.165, 1.54) is 5.56 Å². The Morgan fingerprint density at radius 1 is 1.12 bits per heavy atom. The lowest BCUT2D eigenvalue weighted by Crippen LogP contribution is -2.51. The van der Waals surface area contributed by atoms with Crippen LogP contribution in [-0.2, 0) is 16.0 Å². The molecule has 0 radical (unpaired) electrons. The van der Waals surface area contributed by atoms with Crippen LogP contribution in [0.3, 0.4) is 0 Å². The van der Waals surface area contributed by atoms with E-state index in [0.29, 0.717) is 12.0 Å². The average molecular weight is 444 g/mol. The Kier molecular flexibility index (Phi) is 10.4. The van der Waals surface area contributed by atoms with Crippen molar-refractivity contribution in [1.82, 2.24) is 10.6 Å². The second-order valence-electron chi connectivity index (χ2n) is 9.30. The van der Waals surface area contributed by atoms with Gasteiger partial charge in [-0.1, -0.05) is 51.5 Å². The van der Waals surface area contributed by atoms with Crippen molar-refractivity contribution < 1.29 is 24.4 Å². The number of hydrogen-bond acceptors (Lipinski definition) is 5. The highest BCUT2D eigenvalue weighted by Crippen LogP contribution is 2.28. The number of carbonyl (C=O) groups excluding carboxylic acids is 3. The lowest BCUT2D eigenvalue weighted by molar-refractivity contribution is -0.126. The largest absolute Gasteiger partial charge is 0.475 e. The van der Waals surface area contributed by atoms with Crippen molar-refractivity contribution in [3.63, 3.8) is 0 Å². The van der Waals surface area contributed by atoms with Gasteiger partial charge in [-0.2, -0.15) is 0 Å². The van der Waals surface area contributed by atoms with Gasteiger partial charge in [0, 0.05) is 24.4 Å². The maximum absolute atomic E-state index is 12.9. The zero-order valence-electron chi connectivity index (χ0n) is 19.5. The normalized spacial score (nSPS) is 15.2. The molecular weight excluding hydrogens is 407 g/mol. The zero-order valence-corrected chi connectivity index (χ0v) is 19.5. The molecule has 1 aliphatic carbocycles. The van der Waals surface area contributed by atoms with Gasteiger partial charge in [0.25, 0.3) is 0 Å². The van der Waals surface area contributed by atoms with E-state index < -0.39 is 24.9 Å². The molecule has 1 fully saturated rings. The molecule has 2 amide bonds. The van der Waals surface area contributed by atoms with Crippen molar-refractivity contribution in [2.75, 3.05) is 6.54 Å². The standard InChI is InChI=1S/C24H37BN2O5/c1-4-5-6-17-7-9-18(10-8-17)21(28)14-20(15-26-23(29)19-11-12-19)24(30)27-22(25(31)32)13-16(2)3/h7-10,16,19-20,22,31-32H,4-6,11-15H2,1-3H3,(H,26,29)(H,27,30)/t20-,22-/m0/s1. The average Bonchev–Trinajstić information content (AvgIpc) is 3.59. The number of benzene rings is 1. The predicted molar refractivity (Wildman–Crippen MR) is 125 cm³/mol. The van der Waals surface area contributed by atoms with Gasteiger partial charge >= 0.3 is 7.12 Å². The van der Waals surface area contributed by atoms with E-state index in [1.807, 2.05) is 26.0 Å². The van der Waals surface area contributed by atoms with Gasteiger partial charge in [-0.25, -0.2) is 0 Å². The van der Waals surface area contributed by atoms with Gasteiger partial charge in [-0.05, 0) is 43.6 Å². The molecule has 176 valence electrons. The van der Waals surface area contributed by atoms with Gasteiger partial charge in [0.05, 0.1) is 11.9 Å². The number of nitrogens with one attached hydrogen (secondary N) is 2. The van der Waals surface area contributed by atoms with Crippen LogP contribution in [0.4, 0.5) is 0 Å². The van der Waals surface area contributed by atoms with Crippen LogP contribution in [0.15, 0.2) is 24.3 Å². The van der Waals surface area contributed by atoms with Crippen LogP contribution in [-0.4, -0.2) is 47.2 Å². The van der Waals surface area contributed by atoms with E-state index in [0.717, 1.165) is 32.1 Å². The quantitative estimate of drug-likeness (QED) is 0.260. The van der Waals surface area contributed by atoms with Crippen LogP contribution in [0.25, 0.3) is 0 Å². The Hall–Kier alpha value is -2.19. The zero-order chi connectivity index (χ0) is 23.7. The minimum absolute atomic E-state index is 0.00182. The SMILES string of the molecule is CCCCc1ccc(C(=O)C[C@@H](CNC(=O)C2CC2)C(=O)N[C@@H](CC(C)C)B(O)O)cc1. The van der Waals surface area contributed by atoms with Crippen LogP contribution < -0.4 is 10.6 Å². The maximum atomic E-state index is 12.9. The van der Waals surface area contributed by atoms with E-state index in [4.69, 9.17) is 0 Å². The fourth-order valence-electron chi connectivity index (χ4n) is 3.61. The number of aryl methyl sites for hydroxylation is 1. The van der Waals surface area contributed by atoms with E-state index >= 15 is 0 Å². The summed E-state index contributed by atoms with van der Waals surface area (Å²) in [5, 5.41) is 24.7. The Balaban J connectivity index is 2.06. The minimum Gasteiger partial charge on any atom is -0.426 e. The van der Waals surface area contributed by atoms with Crippen LogP contribution in [0, 0.1) is 17.8 Å². The number of carbonyl (C=O) groups is 3. The first-order valence-corrected chi connectivity index (χ1v) is 11.8. The molecule has 2 atom stereocenters. The summed E-state index contributed by atoms with van der Waals surface area (Å²) in [6.07, 6.45) is 5.16. The van der Waals surface area contributed by atoms with Crippen molar-refractivity contribution in [2.45, 2.75) is 71.7 Å². The first-order valence-electron chi connectivity index (χ1n) is 11.8. The highest BCUT2D eigenvalue weighted by molar-refractivity contribution is 6.43. The summed E-state index contributed by atoms with van der Waals surface area (Å²) in [5.74, 6) is -2.24.